The average molecular weight is 223 g/mol. The van der Waals surface area contributed by atoms with Crippen LogP contribution in [-0.4, -0.2) is 35.1 Å². The van der Waals surface area contributed by atoms with E-state index in [9.17, 15) is 4.79 Å². The summed E-state index contributed by atoms with van der Waals surface area (Å²) in [5, 5.41) is 8.57. The summed E-state index contributed by atoms with van der Waals surface area (Å²) >= 11 is 0. The maximum absolute atomic E-state index is 10.4. The molecule has 0 bridgehead atoms. The van der Waals surface area contributed by atoms with Crippen molar-refractivity contribution in [2.24, 2.45) is 5.92 Å². The summed E-state index contributed by atoms with van der Waals surface area (Å²) in [5.74, 6) is 0.0398. The first kappa shape index (κ1) is 11.6. The van der Waals surface area contributed by atoms with Crippen molar-refractivity contribution >= 4 is 5.97 Å². The van der Waals surface area contributed by atoms with E-state index in [1.807, 2.05) is 0 Å². The lowest BCUT2D eigenvalue weighted by atomic mass is 9.78. The molecule has 0 spiro atoms. The second kappa shape index (κ2) is 5.48. The van der Waals surface area contributed by atoms with Gasteiger partial charge in [-0.1, -0.05) is 18.9 Å². The second-order valence-corrected chi connectivity index (χ2v) is 4.99. The molecule has 0 aromatic rings. The van der Waals surface area contributed by atoms with Crippen molar-refractivity contribution in [3.63, 3.8) is 0 Å². The SMILES string of the molecule is O=C(O)/C=C/CN1CCC[C@H]2CCCC[C@H]21. The number of hydrogen-bond donors (Lipinski definition) is 1. The third kappa shape index (κ3) is 2.85. The van der Waals surface area contributed by atoms with Gasteiger partial charge in [0.25, 0.3) is 0 Å². The van der Waals surface area contributed by atoms with E-state index in [1.165, 1.54) is 44.6 Å². The molecule has 1 N–H and O–H groups in total. The molecule has 3 heteroatoms. The minimum absolute atomic E-state index is 0.723. The van der Waals surface area contributed by atoms with Crippen LogP contribution in [-0.2, 0) is 4.79 Å². The van der Waals surface area contributed by atoms with Crippen LogP contribution in [0.1, 0.15) is 38.5 Å². The quantitative estimate of drug-likeness (QED) is 0.746. The van der Waals surface area contributed by atoms with Crippen molar-refractivity contribution in [3.8, 4) is 0 Å². The van der Waals surface area contributed by atoms with Crippen LogP contribution in [0.15, 0.2) is 12.2 Å². The fraction of sp³-hybridized carbons (Fsp3) is 0.769. The van der Waals surface area contributed by atoms with Gasteiger partial charge in [0.1, 0.15) is 0 Å². The summed E-state index contributed by atoms with van der Waals surface area (Å²) in [6, 6.07) is 0.723. The molecule has 1 heterocycles. The zero-order chi connectivity index (χ0) is 11.4. The third-order valence-electron chi connectivity index (χ3n) is 3.96. The van der Waals surface area contributed by atoms with E-state index >= 15 is 0 Å². The molecular formula is C13H21NO2. The number of piperidine rings is 1. The topological polar surface area (TPSA) is 40.5 Å². The third-order valence-corrected chi connectivity index (χ3v) is 3.96. The fourth-order valence-electron chi connectivity index (χ4n) is 3.24. The van der Waals surface area contributed by atoms with Crippen LogP contribution in [0, 0.1) is 5.92 Å². The highest BCUT2D eigenvalue weighted by molar-refractivity contribution is 5.79. The molecular weight excluding hydrogens is 202 g/mol. The summed E-state index contributed by atoms with van der Waals surface area (Å²) in [6.07, 6.45) is 11.1. The van der Waals surface area contributed by atoms with Crippen LogP contribution in [0.4, 0.5) is 0 Å². The Bertz CT molecular complexity index is 273. The van der Waals surface area contributed by atoms with Gasteiger partial charge >= 0.3 is 5.97 Å². The molecule has 1 saturated carbocycles. The van der Waals surface area contributed by atoms with Gasteiger partial charge in [-0.2, -0.15) is 0 Å². The molecule has 0 aromatic heterocycles. The molecule has 3 nitrogen and oxygen atoms in total. The van der Waals surface area contributed by atoms with Crippen LogP contribution in [0.25, 0.3) is 0 Å². The van der Waals surface area contributed by atoms with Crippen molar-refractivity contribution in [1.29, 1.82) is 0 Å². The number of aliphatic carboxylic acids is 1. The van der Waals surface area contributed by atoms with E-state index in [4.69, 9.17) is 5.11 Å². The molecule has 0 amide bonds. The highest BCUT2D eigenvalue weighted by atomic mass is 16.4. The monoisotopic (exact) mass is 223 g/mol. The Hall–Kier alpha value is -0.830. The van der Waals surface area contributed by atoms with Gasteiger partial charge < -0.3 is 5.11 Å². The van der Waals surface area contributed by atoms with Crippen molar-refractivity contribution in [3.05, 3.63) is 12.2 Å². The molecule has 90 valence electrons. The Balaban J connectivity index is 1.89. The Kier molecular flexibility index (Phi) is 3.99. The van der Waals surface area contributed by atoms with Gasteiger partial charge in [-0.25, -0.2) is 4.79 Å². The molecule has 0 aromatic carbocycles. The van der Waals surface area contributed by atoms with E-state index in [0.717, 1.165) is 25.0 Å². The first-order valence-corrected chi connectivity index (χ1v) is 6.41. The Morgan fingerprint density at radius 3 is 2.81 bits per heavy atom. The predicted molar refractivity (Wildman–Crippen MR) is 63.3 cm³/mol. The number of carboxylic acid groups (broad SMARTS) is 1. The molecule has 0 radical (unpaired) electrons. The smallest absolute Gasteiger partial charge is 0.328 e. The highest BCUT2D eigenvalue weighted by Crippen LogP contribution is 2.34. The zero-order valence-corrected chi connectivity index (χ0v) is 9.77. The number of rotatable bonds is 3. The van der Waals surface area contributed by atoms with Gasteiger partial charge in [-0.15, -0.1) is 0 Å². The number of fused-ring (bicyclic) bond motifs is 1. The maximum atomic E-state index is 10.4. The lowest BCUT2D eigenvalue weighted by Crippen LogP contribution is -2.46. The van der Waals surface area contributed by atoms with Gasteiger partial charge in [-0.3, -0.25) is 4.90 Å². The summed E-state index contributed by atoms with van der Waals surface area (Å²) in [5.41, 5.74) is 0. The van der Waals surface area contributed by atoms with Crippen LogP contribution in [0.3, 0.4) is 0 Å². The number of likely N-dealkylation sites (tertiary alicyclic amines) is 1. The highest BCUT2D eigenvalue weighted by Gasteiger charge is 2.32. The van der Waals surface area contributed by atoms with Crippen molar-refractivity contribution < 1.29 is 9.90 Å². The Morgan fingerprint density at radius 2 is 2.00 bits per heavy atom. The summed E-state index contributed by atoms with van der Waals surface area (Å²) < 4.78 is 0. The molecule has 1 aliphatic carbocycles. The van der Waals surface area contributed by atoms with E-state index in [1.54, 1.807) is 6.08 Å². The minimum atomic E-state index is -0.836. The van der Waals surface area contributed by atoms with Crippen molar-refractivity contribution in [2.45, 2.75) is 44.6 Å². The van der Waals surface area contributed by atoms with E-state index in [-0.39, 0.29) is 0 Å². The van der Waals surface area contributed by atoms with Crippen LogP contribution < -0.4 is 0 Å². The molecule has 1 saturated heterocycles. The van der Waals surface area contributed by atoms with Gasteiger partial charge in [0.15, 0.2) is 0 Å². The zero-order valence-electron chi connectivity index (χ0n) is 9.77. The first-order valence-electron chi connectivity index (χ1n) is 6.41. The summed E-state index contributed by atoms with van der Waals surface area (Å²) in [7, 11) is 0. The number of nitrogens with zero attached hydrogens (tertiary/aromatic N) is 1. The molecule has 2 aliphatic rings. The number of carboxylic acids is 1. The summed E-state index contributed by atoms with van der Waals surface area (Å²) in [4.78, 5) is 12.9. The minimum Gasteiger partial charge on any atom is -0.478 e. The van der Waals surface area contributed by atoms with Gasteiger partial charge in [-0.05, 0) is 38.1 Å². The molecule has 0 unspecified atom stereocenters. The molecule has 2 fully saturated rings. The van der Waals surface area contributed by atoms with Gasteiger partial charge in [0.05, 0.1) is 0 Å². The molecule has 16 heavy (non-hydrogen) atoms. The molecule has 2 rings (SSSR count). The summed E-state index contributed by atoms with van der Waals surface area (Å²) in [6.45, 7) is 1.96. The lowest BCUT2D eigenvalue weighted by molar-refractivity contribution is -0.131. The predicted octanol–water partition coefficient (Wildman–Crippen LogP) is 2.28. The number of carbonyl (C=O) groups is 1. The molecule has 2 atom stereocenters. The van der Waals surface area contributed by atoms with E-state index in [2.05, 4.69) is 4.90 Å². The first-order chi connectivity index (χ1) is 7.77. The van der Waals surface area contributed by atoms with E-state index in [0.29, 0.717) is 0 Å². The maximum Gasteiger partial charge on any atom is 0.328 e. The Morgan fingerprint density at radius 1 is 1.25 bits per heavy atom. The lowest BCUT2D eigenvalue weighted by Gasteiger charge is -2.43. The van der Waals surface area contributed by atoms with Gasteiger partial charge in [0, 0.05) is 18.7 Å². The largest absolute Gasteiger partial charge is 0.478 e. The van der Waals surface area contributed by atoms with E-state index < -0.39 is 5.97 Å². The number of hydrogen-bond acceptors (Lipinski definition) is 2. The van der Waals surface area contributed by atoms with Crippen molar-refractivity contribution in [2.75, 3.05) is 13.1 Å². The standard InChI is InChI=1S/C13H21NO2/c15-13(16)8-4-10-14-9-3-6-11-5-1-2-7-12(11)14/h4,8,11-12H,1-3,5-7,9-10H2,(H,15,16)/b8-4+/t11-,12-/m1/s1. The normalized spacial score (nSPS) is 31.5. The second-order valence-electron chi connectivity index (χ2n) is 4.99. The van der Waals surface area contributed by atoms with Crippen LogP contribution in [0.2, 0.25) is 0 Å². The molecule has 1 aliphatic heterocycles. The van der Waals surface area contributed by atoms with Crippen LogP contribution in [0.5, 0.6) is 0 Å². The van der Waals surface area contributed by atoms with Crippen molar-refractivity contribution in [1.82, 2.24) is 4.90 Å². The average Bonchev–Trinajstić information content (AvgIpc) is 2.29. The fourth-order valence-corrected chi connectivity index (χ4v) is 3.24. The van der Waals surface area contributed by atoms with Crippen LogP contribution >= 0.6 is 0 Å². The van der Waals surface area contributed by atoms with Gasteiger partial charge in [0.2, 0.25) is 0 Å². The Labute approximate surface area is 97.1 Å².